The number of para-hydroxylation sites is 1. The molecule has 19 heavy (non-hydrogen) atoms. The number of nitrogens with zero attached hydrogens (tertiary/aromatic N) is 1. The molecule has 0 aliphatic heterocycles. The first-order chi connectivity index (χ1) is 8.80. The topological polar surface area (TPSA) is 52.9 Å². The maximum Gasteiger partial charge on any atom is 0.418 e. The molecule has 1 saturated carbocycles. The second-order valence-corrected chi connectivity index (χ2v) is 4.72. The fourth-order valence-electron chi connectivity index (χ4n) is 1.64. The zero-order valence-corrected chi connectivity index (χ0v) is 10.3. The van der Waals surface area contributed by atoms with Gasteiger partial charge in [-0.05, 0) is 25.0 Å². The minimum atomic E-state index is -4.63. The fourth-order valence-corrected chi connectivity index (χ4v) is 1.86. The van der Waals surface area contributed by atoms with Crippen LogP contribution >= 0.6 is 11.6 Å². The number of anilines is 1. The molecule has 1 N–H and O–H groups in total. The Morgan fingerprint density at radius 3 is 2.53 bits per heavy atom. The number of amides is 1. The van der Waals surface area contributed by atoms with Crippen LogP contribution in [0.3, 0.4) is 0 Å². The van der Waals surface area contributed by atoms with E-state index in [-0.39, 0.29) is 5.02 Å². The lowest BCUT2D eigenvalue weighted by atomic mass is 10.1. The molecule has 0 heterocycles. The Hall–Kier alpha value is -1.74. The molecule has 1 aromatic carbocycles. The number of nitrogens with one attached hydrogen (secondary N) is 1. The molecule has 1 aliphatic rings. The molecule has 2 rings (SSSR count). The Balaban J connectivity index is 2.36. The normalized spacial score (nSPS) is 16.6. The van der Waals surface area contributed by atoms with E-state index in [2.05, 4.69) is 5.32 Å². The number of carbonyl (C=O) groups is 1. The SMILES string of the molecule is N#CC1(C(=O)Nc2c(Cl)cccc2C(F)(F)F)CC1. The Morgan fingerprint density at radius 2 is 2.05 bits per heavy atom. The number of hydrogen-bond donors (Lipinski definition) is 1. The summed E-state index contributed by atoms with van der Waals surface area (Å²) in [6.45, 7) is 0. The van der Waals surface area contributed by atoms with Crippen molar-refractivity contribution in [3.05, 3.63) is 28.8 Å². The lowest BCUT2D eigenvalue weighted by Crippen LogP contribution is -2.24. The molecule has 7 heteroatoms. The highest BCUT2D eigenvalue weighted by Gasteiger charge is 2.51. The van der Waals surface area contributed by atoms with Crippen molar-refractivity contribution in [2.45, 2.75) is 19.0 Å². The zero-order valence-electron chi connectivity index (χ0n) is 9.51. The number of benzene rings is 1. The van der Waals surface area contributed by atoms with Crippen LogP contribution in [0.4, 0.5) is 18.9 Å². The summed E-state index contributed by atoms with van der Waals surface area (Å²) in [7, 11) is 0. The summed E-state index contributed by atoms with van der Waals surface area (Å²) in [6, 6.07) is 5.04. The van der Waals surface area contributed by atoms with Gasteiger partial charge >= 0.3 is 6.18 Å². The van der Waals surface area contributed by atoms with Crippen LogP contribution in [-0.4, -0.2) is 5.91 Å². The van der Waals surface area contributed by atoms with Crippen LogP contribution in [0.15, 0.2) is 18.2 Å². The molecule has 0 bridgehead atoms. The standard InChI is InChI=1S/C12H8ClF3N2O/c13-8-3-1-2-7(12(14,15)16)9(8)18-10(19)11(6-17)4-5-11/h1-3H,4-5H2,(H,18,19). The smallest absolute Gasteiger partial charge is 0.323 e. The molecule has 1 aromatic rings. The molecule has 3 nitrogen and oxygen atoms in total. The summed E-state index contributed by atoms with van der Waals surface area (Å²) in [6.07, 6.45) is -3.93. The number of carbonyl (C=O) groups excluding carboxylic acids is 1. The van der Waals surface area contributed by atoms with E-state index in [0.717, 1.165) is 12.1 Å². The molecular weight excluding hydrogens is 281 g/mol. The monoisotopic (exact) mass is 288 g/mol. The van der Waals surface area contributed by atoms with Gasteiger partial charge in [-0.15, -0.1) is 0 Å². The molecule has 0 radical (unpaired) electrons. The number of alkyl halides is 3. The van der Waals surface area contributed by atoms with Crippen LogP contribution in [0.1, 0.15) is 18.4 Å². The number of hydrogen-bond acceptors (Lipinski definition) is 2. The van der Waals surface area contributed by atoms with Gasteiger partial charge in [0, 0.05) is 0 Å². The van der Waals surface area contributed by atoms with E-state index in [1.165, 1.54) is 6.07 Å². The van der Waals surface area contributed by atoms with E-state index < -0.39 is 28.7 Å². The van der Waals surface area contributed by atoms with Crippen LogP contribution in [0.25, 0.3) is 0 Å². The summed E-state index contributed by atoms with van der Waals surface area (Å²) < 4.78 is 38.4. The Morgan fingerprint density at radius 1 is 1.42 bits per heavy atom. The first-order valence-corrected chi connectivity index (χ1v) is 5.76. The maximum atomic E-state index is 12.8. The Kier molecular flexibility index (Phi) is 3.19. The van der Waals surface area contributed by atoms with Gasteiger partial charge in [-0.2, -0.15) is 18.4 Å². The van der Waals surface area contributed by atoms with Crippen molar-refractivity contribution >= 4 is 23.2 Å². The first kappa shape index (κ1) is 13.7. The van der Waals surface area contributed by atoms with Crippen LogP contribution in [0.5, 0.6) is 0 Å². The fraction of sp³-hybridized carbons (Fsp3) is 0.333. The van der Waals surface area contributed by atoms with Crippen LogP contribution in [-0.2, 0) is 11.0 Å². The van der Waals surface area contributed by atoms with Gasteiger partial charge in [0.15, 0.2) is 0 Å². The largest absolute Gasteiger partial charge is 0.418 e. The third kappa shape index (κ3) is 2.51. The van der Waals surface area contributed by atoms with Crippen molar-refractivity contribution < 1.29 is 18.0 Å². The third-order valence-electron chi connectivity index (χ3n) is 2.96. The highest BCUT2D eigenvalue weighted by molar-refractivity contribution is 6.34. The molecule has 1 amide bonds. The molecule has 0 unspecified atom stereocenters. The first-order valence-electron chi connectivity index (χ1n) is 5.38. The van der Waals surface area contributed by atoms with Crippen molar-refractivity contribution in [3.63, 3.8) is 0 Å². The van der Waals surface area contributed by atoms with E-state index in [0.29, 0.717) is 12.8 Å². The quantitative estimate of drug-likeness (QED) is 0.904. The summed E-state index contributed by atoms with van der Waals surface area (Å²) in [5, 5.41) is 10.8. The molecule has 0 atom stereocenters. The minimum absolute atomic E-state index is 0.211. The number of rotatable bonds is 2. The summed E-state index contributed by atoms with van der Waals surface area (Å²) in [5.74, 6) is -0.742. The molecule has 1 fully saturated rings. The van der Waals surface area contributed by atoms with Crippen LogP contribution in [0, 0.1) is 16.7 Å². The molecular formula is C12H8ClF3N2O. The van der Waals surface area contributed by atoms with Gasteiger partial charge in [-0.25, -0.2) is 0 Å². The van der Waals surface area contributed by atoms with Gasteiger partial charge in [0.25, 0.3) is 0 Å². The van der Waals surface area contributed by atoms with E-state index >= 15 is 0 Å². The average Bonchev–Trinajstić information content (AvgIpc) is 3.11. The van der Waals surface area contributed by atoms with Crippen molar-refractivity contribution in [3.8, 4) is 6.07 Å². The molecule has 0 aromatic heterocycles. The molecule has 0 spiro atoms. The van der Waals surface area contributed by atoms with Crippen molar-refractivity contribution in [2.75, 3.05) is 5.32 Å². The zero-order chi connectivity index (χ0) is 14.3. The second kappa shape index (κ2) is 4.42. The molecule has 1 aliphatic carbocycles. The van der Waals surface area contributed by atoms with Crippen LogP contribution in [0.2, 0.25) is 5.02 Å². The summed E-state index contributed by atoms with van der Waals surface area (Å²) in [5.41, 5.74) is -2.73. The van der Waals surface area contributed by atoms with Gasteiger partial charge < -0.3 is 5.32 Å². The maximum absolute atomic E-state index is 12.8. The molecule has 100 valence electrons. The number of halogens is 4. The lowest BCUT2D eigenvalue weighted by Gasteiger charge is -2.16. The lowest BCUT2D eigenvalue weighted by molar-refractivity contribution is -0.137. The minimum Gasteiger partial charge on any atom is -0.323 e. The Labute approximate surface area is 112 Å². The average molecular weight is 289 g/mol. The van der Waals surface area contributed by atoms with Gasteiger partial charge in [-0.1, -0.05) is 17.7 Å². The number of nitriles is 1. The van der Waals surface area contributed by atoms with E-state index in [1.54, 1.807) is 0 Å². The predicted molar refractivity (Wildman–Crippen MR) is 62.4 cm³/mol. The van der Waals surface area contributed by atoms with Crippen molar-refractivity contribution in [1.82, 2.24) is 0 Å². The van der Waals surface area contributed by atoms with E-state index in [4.69, 9.17) is 16.9 Å². The van der Waals surface area contributed by atoms with E-state index in [1.807, 2.05) is 6.07 Å². The summed E-state index contributed by atoms with van der Waals surface area (Å²) in [4.78, 5) is 11.8. The van der Waals surface area contributed by atoms with Crippen LogP contribution < -0.4 is 5.32 Å². The highest BCUT2D eigenvalue weighted by Crippen LogP contribution is 2.47. The summed E-state index contributed by atoms with van der Waals surface area (Å²) >= 11 is 5.70. The predicted octanol–water partition coefficient (Wildman–Crippen LogP) is 3.60. The van der Waals surface area contributed by atoms with Gasteiger partial charge in [-0.3, -0.25) is 4.79 Å². The molecule has 0 saturated heterocycles. The Bertz CT molecular complexity index is 573. The van der Waals surface area contributed by atoms with Gasteiger partial charge in [0.05, 0.1) is 22.3 Å². The van der Waals surface area contributed by atoms with Crippen molar-refractivity contribution in [1.29, 1.82) is 5.26 Å². The van der Waals surface area contributed by atoms with Crippen molar-refractivity contribution in [2.24, 2.45) is 5.41 Å². The third-order valence-corrected chi connectivity index (χ3v) is 3.27. The van der Waals surface area contributed by atoms with Gasteiger partial charge in [0.1, 0.15) is 5.41 Å². The highest BCUT2D eigenvalue weighted by atomic mass is 35.5. The van der Waals surface area contributed by atoms with E-state index in [9.17, 15) is 18.0 Å². The van der Waals surface area contributed by atoms with Gasteiger partial charge in [0.2, 0.25) is 5.91 Å². The second-order valence-electron chi connectivity index (χ2n) is 4.31.